The maximum absolute atomic E-state index is 13.2. The summed E-state index contributed by atoms with van der Waals surface area (Å²) in [7, 11) is 0. The third-order valence-corrected chi connectivity index (χ3v) is 6.29. The molecule has 5 nitrogen and oxygen atoms in total. The van der Waals surface area contributed by atoms with Gasteiger partial charge in [-0.1, -0.05) is 60.2 Å². The fourth-order valence-electron chi connectivity index (χ4n) is 4.49. The van der Waals surface area contributed by atoms with Gasteiger partial charge in [-0.3, -0.25) is 14.6 Å². The summed E-state index contributed by atoms with van der Waals surface area (Å²) in [5.41, 5.74) is 6.39. The first-order valence-corrected chi connectivity index (χ1v) is 11.9. The second-order valence-electron chi connectivity index (χ2n) is 9.00. The second kappa shape index (κ2) is 10.0. The molecule has 1 amide bonds. The van der Waals surface area contributed by atoms with E-state index in [4.69, 9.17) is 4.42 Å². The van der Waals surface area contributed by atoms with Crippen molar-refractivity contribution in [3.05, 3.63) is 136 Å². The standard InChI is InChI=1S/C31H26N2O3/c1-20-8-10-26(21(2)16-20)30(23-6-4-3-5-7-23)33-29(34)18-22-9-11-27-25(17-22)19-28(36-27)31(35)24-12-14-32-15-13-24/h3-17,19,30H,18H2,1-2H3,(H,33,34)/t30-/m0/s1. The number of nitrogens with one attached hydrogen (secondary N) is 1. The van der Waals surface area contributed by atoms with Gasteiger partial charge in [0.1, 0.15) is 5.58 Å². The summed E-state index contributed by atoms with van der Waals surface area (Å²) in [6.07, 6.45) is 3.36. The molecular weight excluding hydrogens is 448 g/mol. The van der Waals surface area contributed by atoms with Crippen LogP contribution in [0.15, 0.2) is 102 Å². The van der Waals surface area contributed by atoms with E-state index >= 15 is 0 Å². The van der Waals surface area contributed by atoms with Crippen molar-refractivity contribution < 1.29 is 14.0 Å². The van der Waals surface area contributed by atoms with E-state index in [1.807, 2.05) is 42.5 Å². The molecule has 5 aromatic rings. The molecule has 0 aliphatic rings. The summed E-state index contributed by atoms with van der Waals surface area (Å²) in [6.45, 7) is 4.14. The summed E-state index contributed by atoms with van der Waals surface area (Å²) < 4.78 is 5.78. The lowest BCUT2D eigenvalue weighted by Crippen LogP contribution is -2.31. The maximum atomic E-state index is 13.2. The van der Waals surface area contributed by atoms with Crippen LogP contribution in [-0.2, 0) is 11.2 Å². The Labute approximate surface area is 209 Å². The van der Waals surface area contributed by atoms with Crippen LogP contribution in [0.3, 0.4) is 0 Å². The zero-order chi connectivity index (χ0) is 25.1. The monoisotopic (exact) mass is 474 g/mol. The van der Waals surface area contributed by atoms with Gasteiger partial charge in [0.05, 0.1) is 12.5 Å². The molecule has 2 heterocycles. The first-order chi connectivity index (χ1) is 17.5. The van der Waals surface area contributed by atoms with E-state index in [0.29, 0.717) is 11.1 Å². The van der Waals surface area contributed by atoms with Gasteiger partial charge in [0.25, 0.3) is 0 Å². The van der Waals surface area contributed by atoms with Gasteiger partial charge in [0.2, 0.25) is 11.7 Å². The molecule has 0 unspecified atom stereocenters. The zero-order valence-electron chi connectivity index (χ0n) is 20.2. The summed E-state index contributed by atoms with van der Waals surface area (Å²) >= 11 is 0. The molecule has 0 radical (unpaired) electrons. The molecule has 0 aliphatic carbocycles. The summed E-state index contributed by atoms with van der Waals surface area (Å²) in [6, 6.07) is 26.6. The van der Waals surface area contributed by atoms with Gasteiger partial charge in [-0.05, 0) is 66.4 Å². The van der Waals surface area contributed by atoms with Crippen LogP contribution in [0.4, 0.5) is 0 Å². The van der Waals surface area contributed by atoms with Crippen molar-refractivity contribution >= 4 is 22.7 Å². The fraction of sp³-hybridized carbons (Fsp3) is 0.129. The average Bonchev–Trinajstić information content (AvgIpc) is 3.32. The minimum Gasteiger partial charge on any atom is -0.453 e. The topological polar surface area (TPSA) is 72.2 Å². The molecular formula is C31H26N2O3. The second-order valence-corrected chi connectivity index (χ2v) is 9.00. The molecule has 1 atom stereocenters. The molecule has 178 valence electrons. The molecule has 0 spiro atoms. The number of carbonyl (C=O) groups is 2. The van der Waals surface area contributed by atoms with Gasteiger partial charge in [0, 0.05) is 23.3 Å². The first-order valence-electron chi connectivity index (χ1n) is 11.9. The Hall–Kier alpha value is -4.51. The molecule has 0 saturated carbocycles. The van der Waals surface area contributed by atoms with Crippen molar-refractivity contribution in [3.63, 3.8) is 0 Å². The van der Waals surface area contributed by atoms with Crippen molar-refractivity contribution in [1.29, 1.82) is 0 Å². The predicted molar refractivity (Wildman–Crippen MR) is 140 cm³/mol. The Morgan fingerprint density at radius 1 is 0.889 bits per heavy atom. The van der Waals surface area contributed by atoms with Crippen molar-refractivity contribution in [2.75, 3.05) is 0 Å². The lowest BCUT2D eigenvalue weighted by molar-refractivity contribution is -0.120. The van der Waals surface area contributed by atoms with E-state index in [9.17, 15) is 9.59 Å². The number of nitrogens with zero attached hydrogens (tertiary/aromatic N) is 1. The van der Waals surface area contributed by atoms with Gasteiger partial charge >= 0.3 is 0 Å². The highest BCUT2D eigenvalue weighted by Gasteiger charge is 2.20. The molecule has 5 rings (SSSR count). The summed E-state index contributed by atoms with van der Waals surface area (Å²) in [5.74, 6) is -0.0244. The van der Waals surface area contributed by atoms with E-state index in [2.05, 4.69) is 42.3 Å². The highest BCUT2D eigenvalue weighted by Crippen LogP contribution is 2.27. The quantitative estimate of drug-likeness (QED) is 0.288. The van der Waals surface area contributed by atoms with Gasteiger partial charge in [-0.2, -0.15) is 0 Å². The van der Waals surface area contributed by atoms with Crippen molar-refractivity contribution in [1.82, 2.24) is 10.3 Å². The minimum absolute atomic E-state index is 0.0836. The number of fused-ring (bicyclic) bond motifs is 1. The van der Waals surface area contributed by atoms with Crippen LogP contribution in [0, 0.1) is 13.8 Å². The van der Waals surface area contributed by atoms with E-state index in [0.717, 1.165) is 27.6 Å². The predicted octanol–water partition coefficient (Wildman–Crippen LogP) is 6.12. The molecule has 3 aromatic carbocycles. The van der Waals surface area contributed by atoms with Crippen LogP contribution < -0.4 is 5.32 Å². The number of pyridine rings is 1. The van der Waals surface area contributed by atoms with Gasteiger partial charge in [-0.15, -0.1) is 0 Å². The van der Waals surface area contributed by atoms with Crippen LogP contribution >= 0.6 is 0 Å². The largest absolute Gasteiger partial charge is 0.453 e. The number of ketones is 1. The molecule has 2 aromatic heterocycles. The smallest absolute Gasteiger partial charge is 0.228 e. The van der Waals surface area contributed by atoms with Gasteiger partial charge in [0.15, 0.2) is 5.76 Å². The molecule has 36 heavy (non-hydrogen) atoms. The van der Waals surface area contributed by atoms with Crippen molar-refractivity contribution in [2.24, 2.45) is 0 Å². The zero-order valence-corrected chi connectivity index (χ0v) is 20.2. The van der Waals surface area contributed by atoms with Crippen molar-refractivity contribution in [2.45, 2.75) is 26.3 Å². The first kappa shape index (κ1) is 23.2. The van der Waals surface area contributed by atoms with Crippen LogP contribution in [0.1, 0.15) is 50.0 Å². The van der Waals surface area contributed by atoms with E-state index in [1.165, 1.54) is 5.56 Å². The third kappa shape index (κ3) is 4.96. The van der Waals surface area contributed by atoms with Crippen LogP contribution in [-0.4, -0.2) is 16.7 Å². The lowest BCUT2D eigenvalue weighted by atomic mass is 9.93. The van der Waals surface area contributed by atoms with E-state index in [1.54, 1.807) is 36.7 Å². The number of benzene rings is 3. The third-order valence-electron chi connectivity index (χ3n) is 6.29. The maximum Gasteiger partial charge on any atom is 0.228 e. The molecule has 0 aliphatic heterocycles. The summed E-state index contributed by atoms with van der Waals surface area (Å²) in [5, 5.41) is 4.01. The Balaban J connectivity index is 1.37. The van der Waals surface area contributed by atoms with Crippen LogP contribution in [0.5, 0.6) is 0 Å². The Kier molecular flexibility index (Phi) is 6.46. The number of furan rings is 1. The van der Waals surface area contributed by atoms with Crippen molar-refractivity contribution in [3.8, 4) is 0 Å². The van der Waals surface area contributed by atoms with Crippen LogP contribution in [0.25, 0.3) is 11.0 Å². The van der Waals surface area contributed by atoms with Crippen LogP contribution in [0.2, 0.25) is 0 Å². The highest BCUT2D eigenvalue weighted by molar-refractivity contribution is 6.08. The Morgan fingerprint density at radius 2 is 1.67 bits per heavy atom. The molecule has 0 fully saturated rings. The number of rotatable bonds is 7. The number of carbonyl (C=O) groups excluding carboxylic acids is 2. The van der Waals surface area contributed by atoms with Gasteiger partial charge in [-0.25, -0.2) is 0 Å². The number of amides is 1. The number of hydrogen-bond acceptors (Lipinski definition) is 4. The SMILES string of the molecule is Cc1ccc([C@@H](NC(=O)Cc2ccc3oc(C(=O)c4ccncc4)cc3c2)c2ccccc2)c(C)c1. The minimum atomic E-state index is -0.249. The molecule has 1 N–H and O–H groups in total. The lowest BCUT2D eigenvalue weighted by Gasteiger charge is -2.22. The molecule has 0 bridgehead atoms. The number of hydrogen-bond donors (Lipinski definition) is 1. The van der Waals surface area contributed by atoms with E-state index in [-0.39, 0.29) is 29.9 Å². The Bertz CT molecular complexity index is 1540. The fourth-order valence-corrected chi connectivity index (χ4v) is 4.49. The summed E-state index contributed by atoms with van der Waals surface area (Å²) in [4.78, 5) is 29.9. The number of aromatic nitrogens is 1. The Morgan fingerprint density at radius 3 is 2.42 bits per heavy atom. The average molecular weight is 475 g/mol. The van der Waals surface area contributed by atoms with E-state index < -0.39 is 0 Å². The molecule has 5 heteroatoms. The van der Waals surface area contributed by atoms with Gasteiger partial charge < -0.3 is 9.73 Å². The highest BCUT2D eigenvalue weighted by atomic mass is 16.3. The normalized spacial score (nSPS) is 11.8. The molecule has 0 saturated heterocycles. The number of aryl methyl sites for hydroxylation is 2.